The number of thiazole rings is 1. The van der Waals surface area contributed by atoms with Crippen LogP contribution >= 0.6 is 11.3 Å². The molecule has 6 nitrogen and oxygen atoms in total. The van der Waals surface area contributed by atoms with Crippen molar-refractivity contribution < 1.29 is 9.90 Å². The number of hydrogen-bond donors (Lipinski definition) is 1. The normalized spacial score (nSPS) is 11.5. The molecule has 2 heterocycles. The number of hydrogen-bond acceptors (Lipinski definition) is 5. The maximum Gasteiger partial charge on any atom is 0.309 e. The van der Waals surface area contributed by atoms with Gasteiger partial charge in [0, 0.05) is 5.39 Å². The van der Waals surface area contributed by atoms with Crippen LogP contribution in [0.1, 0.15) is 36.0 Å². The first-order valence-corrected chi connectivity index (χ1v) is 9.84. The van der Waals surface area contributed by atoms with Crippen molar-refractivity contribution in [1.29, 1.82) is 0 Å². The van der Waals surface area contributed by atoms with Gasteiger partial charge in [0.05, 0.1) is 34.3 Å². The van der Waals surface area contributed by atoms with E-state index in [9.17, 15) is 14.7 Å². The van der Waals surface area contributed by atoms with Crippen LogP contribution in [0.4, 0.5) is 0 Å². The fourth-order valence-electron chi connectivity index (χ4n) is 3.23. The Labute approximate surface area is 165 Å². The molecule has 0 radical (unpaired) electrons. The Morgan fingerprint density at radius 1 is 1.18 bits per heavy atom. The molecule has 0 saturated carbocycles. The van der Waals surface area contributed by atoms with E-state index in [1.807, 2.05) is 6.07 Å². The number of aromatic nitrogens is 3. The zero-order chi connectivity index (χ0) is 19.8. The highest BCUT2D eigenvalue weighted by atomic mass is 32.1. The van der Waals surface area contributed by atoms with Gasteiger partial charge in [-0.25, -0.2) is 9.67 Å². The van der Waals surface area contributed by atoms with Crippen LogP contribution in [-0.4, -0.2) is 25.8 Å². The van der Waals surface area contributed by atoms with Gasteiger partial charge in [0.25, 0.3) is 5.56 Å². The number of carboxylic acids is 1. The molecule has 0 unspecified atom stereocenters. The Bertz CT molecular complexity index is 1260. The summed E-state index contributed by atoms with van der Waals surface area (Å²) in [6.07, 6.45) is -0.238. The molecule has 7 heteroatoms. The van der Waals surface area contributed by atoms with E-state index in [1.165, 1.54) is 21.6 Å². The minimum Gasteiger partial charge on any atom is -0.481 e. The van der Waals surface area contributed by atoms with E-state index in [0.29, 0.717) is 22.4 Å². The molecular formula is C21H19N3O3S. The van der Waals surface area contributed by atoms with Crippen molar-refractivity contribution in [2.75, 3.05) is 0 Å². The minimum atomic E-state index is -0.982. The van der Waals surface area contributed by atoms with Crippen molar-refractivity contribution in [2.45, 2.75) is 32.7 Å². The van der Waals surface area contributed by atoms with E-state index in [1.54, 1.807) is 24.3 Å². The highest BCUT2D eigenvalue weighted by Crippen LogP contribution is 2.26. The highest BCUT2D eigenvalue weighted by molar-refractivity contribution is 7.18. The zero-order valence-electron chi connectivity index (χ0n) is 15.5. The van der Waals surface area contributed by atoms with E-state index in [0.717, 1.165) is 15.2 Å². The molecule has 4 rings (SSSR count). The first-order valence-electron chi connectivity index (χ1n) is 9.02. The molecule has 0 aliphatic rings. The third-order valence-electron chi connectivity index (χ3n) is 4.67. The molecular weight excluding hydrogens is 374 g/mol. The van der Waals surface area contributed by atoms with Crippen LogP contribution in [0.5, 0.6) is 0 Å². The summed E-state index contributed by atoms with van der Waals surface area (Å²) in [5, 5.41) is 15.4. The van der Waals surface area contributed by atoms with Gasteiger partial charge in [-0.2, -0.15) is 5.10 Å². The third-order valence-corrected chi connectivity index (χ3v) is 5.67. The Hall–Kier alpha value is -3.06. The number of carbonyl (C=O) groups is 1. The highest BCUT2D eigenvalue weighted by Gasteiger charge is 2.15. The number of nitrogens with zero attached hydrogens (tertiary/aromatic N) is 3. The SMILES string of the molecule is CC(C)c1ccc2nc(Cn3nc(CC(=O)O)c4ccccc4c3=O)sc2c1. The summed E-state index contributed by atoms with van der Waals surface area (Å²) >= 11 is 1.53. The van der Waals surface area contributed by atoms with E-state index >= 15 is 0 Å². The standard InChI is InChI=1S/C21H19N3O3S/c1-12(2)13-7-8-16-18(9-13)28-19(22-16)11-24-21(27)15-6-4-3-5-14(15)17(23-24)10-20(25)26/h3-9,12H,10-11H2,1-2H3,(H,25,26). The summed E-state index contributed by atoms with van der Waals surface area (Å²) in [5.41, 5.74) is 2.27. The van der Waals surface area contributed by atoms with Gasteiger partial charge < -0.3 is 5.11 Å². The molecule has 28 heavy (non-hydrogen) atoms. The predicted molar refractivity (Wildman–Crippen MR) is 110 cm³/mol. The van der Waals surface area contributed by atoms with Crippen LogP contribution in [0.15, 0.2) is 47.3 Å². The number of aliphatic carboxylic acids is 1. The topological polar surface area (TPSA) is 85.1 Å². The summed E-state index contributed by atoms with van der Waals surface area (Å²) in [5.74, 6) is -0.553. The Kier molecular flexibility index (Phi) is 4.68. The second-order valence-electron chi connectivity index (χ2n) is 7.02. The molecule has 2 aromatic carbocycles. The fraction of sp³-hybridized carbons (Fsp3) is 0.238. The number of fused-ring (bicyclic) bond motifs is 2. The van der Waals surface area contributed by atoms with Gasteiger partial charge in [-0.15, -0.1) is 11.3 Å². The van der Waals surface area contributed by atoms with E-state index < -0.39 is 5.97 Å². The molecule has 142 valence electrons. The van der Waals surface area contributed by atoms with Crippen molar-refractivity contribution >= 4 is 38.3 Å². The molecule has 0 spiro atoms. The van der Waals surface area contributed by atoms with Gasteiger partial charge in [0.1, 0.15) is 5.01 Å². The molecule has 0 aliphatic carbocycles. The summed E-state index contributed by atoms with van der Waals surface area (Å²) < 4.78 is 2.39. The monoisotopic (exact) mass is 393 g/mol. The van der Waals surface area contributed by atoms with Crippen LogP contribution < -0.4 is 5.56 Å². The van der Waals surface area contributed by atoms with Crippen molar-refractivity contribution in [1.82, 2.24) is 14.8 Å². The largest absolute Gasteiger partial charge is 0.481 e. The first kappa shape index (κ1) is 18.3. The number of rotatable bonds is 5. The van der Waals surface area contributed by atoms with E-state index in [2.05, 4.69) is 36.1 Å². The predicted octanol–water partition coefficient (Wildman–Crippen LogP) is 3.81. The maximum absolute atomic E-state index is 12.9. The Morgan fingerprint density at radius 2 is 1.93 bits per heavy atom. The van der Waals surface area contributed by atoms with Crippen molar-refractivity contribution in [2.24, 2.45) is 0 Å². The molecule has 2 aromatic heterocycles. The summed E-state index contributed by atoms with van der Waals surface area (Å²) in [6, 6.07) is 13.2. The summed E-state index contributed by atoms with van der Waals surface area (Å²) in [6.45, 7) is 4.50. The molecule has 0 saturated heterocycles. The Balaban J connectivity index is 1.79. The van der Waals surface area contributed by atoms with Crippen LogP contribution in [0, 0.1) is 0 Å². The lowest BCUT2D eigenvalue weighted by molar-refractivity contribution is -0.136. The van der Waals surface area contributed by atoms with Crippen LogP contribution in [0.25, 0.3) is 21.0 Å². The second kappa shape index (κ2) is 7.16. The smallest absolute Gasteiger partial charge is 0.309 e. The average molecular weight is 393 g/mol. The first-order chi connectivity index (χ1) is 13.4. The molecule has 4 aromatic rings. The Morgan fingerprint density at radius 3 is 2.64 bits per heavy atom. The quantitative estimate of drug-likeness (QED) is 0.557. The zero-order valence-corrected chi connectivity index (χ0v) is 16.4. The van der Waals surface area contributed by atoms with Crippen LogP contribution in [-0.2, 0) is 17.8 Å². The van der Waals surface area contributed by atoms with E-state index in [4.69, 9.17) is 0 Å². The maximum atomic E-state index is 12.9. The molecule has 1 N–H and O–H groups in total. The fourth-order valence-corrected chi connectivity index (χ4v) is 4.23. The molecule has 0 amide bonds. The molecule has 0 fully saturated rings. The van der Waals surface area contributed by atoms with Gasteiger partial charge >= 0.3 is 5.97 Å². The minimum absolute atomic E-state index is 0.215. The van der Waals surface area contributed by atoms with Gasteiger partial charge in [-0.3, -0.25) is 9.59 Å². The van der Waals surface area contributed by atoms with Crippen molar-refractivity contribution in [3.05, 3.63) is 69.1 Å². The molecule has 0 bridgehead atoms. The summed E-state index contributed by atoms with van der Waals surface area (Å²) in [4.78, 5) is 28.7. The summed E-state index contributed by atoms with van der Waals surface area (Å²) in [7, 11) is 0. The third kappa shape index (κ3) is 3.41. The number of benzene rings is 2. The second-order valence-corrected chi connectivity index (χ2v) is 8.13. The van der Waals surface area contributed by atoms with E-state index in [-0.39, 0.29) is 18.5 Å². The average Bonchev–Trinajstić information content (AvgIpc) is 3.06. The van der Waals surface area contributed by atoms with Gasteiger partial charge in [-0.1, -0.05) is 38.1 Å². The van der Waals surface area contributed by atoms with Crippen LogP contribution in [0.3, 0.4) is 0 Å². The van der Waals surface area contributed by atoms with Gasteiger partial charge in [0.2, 0.25) is 0 Å². The molecule has 0 atom stereocenters. The van der Waals surface area contributed by atoms with Gasteiger partial charge in [0.15, 0.2) is 0 Å². The lowest BCUT2D eigenvalue weighted by atomic mass is 10.0. The van der Waals surface area contributed by atoms with Gasteiger partial charge in [-0.05, 0) is 29.7 Å². The van der Waals surface area contributed by atoms with Crippen LogP contribution in [0.2, 0.25) is 0 Å². The molecule has 0 aliphatic heterocycles. The van der Waals surface area contributed by atoms with Crippen molar-refractivity contribution in [3.8, 4) is 0 Å². The lowest BCUT2D eigenvalue weighted by Gasteiger charge is -2.08. The number of carboxylic acid groups (broad SMARTS) is 1. The van der Waals surface area contributed by atoms with Crippen molar-refractivity contribution in [3.63, 3.8) is 0 Å². The lowest BCUT2D eigenvalue weighted by Crippen LogP contribution is -2.26.